The van der Waals surface area contributed by atoms with Crippen molar-refractivity contribution >= 4 is 12.9 Å². The molecule has 1 nitrogen and oxygen atoms in total. The molecular weight excluding hydrogens is 181 g/mol. The predicted octanol–water partition coefficient (Wildman–Crippen LogP) is 1.72. The molecule has 1 radical (unpaired) electrons. The van der Waals surface area contributed by atoms with E-state index in [1.807, 2.05) is 31.7 Å². The maximum Gasteiger partial charge on any atom is 0.244 e. The zero-order valence-corrected chi connectivity index (χ0v) is 8.56. The minimum Gasteiger partial charge on any atom is -0.352 e. The lowest BCUT2D eigenvalue weighted by Crippen LogP contribution is -2.29. The van der Waals surface area contributed by atoms with E-state index in [1.54, 1.807) is 0 Å². The van der Waals surface area contributed by atoms with Crippen LogP contribution in [0.3, 0.4) is 0 Å². The molecular formula is C13H13BN. The molecule has 0 aliphatic heterocycles. The first-order valence-corrected chi connectivity index (χ1v) is 5.11. The minimum absolute atomic E-state index is 0.871. The van der Waals surface area contributed by atoms with E-state index in [2.05, 4.69) is 41.6 Å². The van der Waals surface area contributed by atoms with Crippen molar-refractivity contribution in [3.63, 3.8) is 0 Å². The average Bonchev–Trinajstić information content (AvgIpc) is 2.32. The van der Waals surface area contributed by atoms with Gasteiger partial charge in [0.15, 0.2) is 0 Å². The maximum absolute atomic E-state index is 3.29. The Hall–Kier alpha value is -1.54. The Morgan fingerprint density at radius 2 is 1.40 bits per heavy atom. The van der Waals surface area contributed by atoms with Crippen molar-refractivity contribution in [3.05, 3.63) is 66.2 Å². The molecule has 0 saturated carbocycles. The summed E-state index contributed by atoms with van der Waals surface area (Å²) in [6.07, 6.45) is 0. The van der Waals surface area contributed by atoms with E-state index < -0.39 is 0 Å². The smallest absolute Gasteiger partial charge is 0.244 e. The molecule has 0 fully saturated rings. The largest absolute Gasteiger partial charge is 0.352 e. The predicted molar refractivity (Wildman–Crippen MR) is 65.1 cm³/mol. The number of benzene rings is 2. The van der Waals surface area contributed by atoms with Crippen molar-refractivity contribution in [2.75, 3.05) is 0 Å². The summed E-state index contributed by atoms with van der Waals surface area (Å²) in [5, 5.41) is 3.29. The lowest BCUT2D eigenvalue weighted by Gasteiger charge is -2.03. The summed E-state index contributed by atoms with van der Waals surface area (Å²) in [6.45, 7) is 0.871. The highest BCUT2D eigenvalue weighted by Gasteiger charge is 1.94. The first-order chi connectivity index (χ1) is 7.45. The Kier molecular flexibility index (Phi) is 3.58. The zero-order chi connectivity index (χ0) is 10.3. The van der Waals surface area contributed by atoms with E-state index >= 15 is 0 Å². The van der Waals surface area contributed by atoms with Gasteiger partial charge in [0.2, 0.25) is 7.41 Å². The maximum atomic E-state index is 3.29. The van der Waals surface area contributed by atoms with Gasteiger partial charge in [-0.3, -0.25) is 0 Å². The molecule has 2 rings (SSSR count). The zero-order valence-electron chi connectivity index (χ0n) is 8.56. The van der Waals surface area contributed by atoms with Crippen LogP contribution >= 0.6 is 0 Å². The molecule has 0 aliphatic carbocycles. The van der Waals surface area contributed by atoms with Crippen LogP contribution in [0.25, 0.3) is 0 Å². The van der Waals surface area contributed by atoms with Gasteiger partial charge in [-0.2, -0.15) is 0 Å². The standard InChI is InChI=1S/C13H13BN/c1-3-7-12(8-4-1)11-15-14-13-9-5-2-6-10-13/h1-10,15H,11H2. The quantitative estimate of drug-likeness (QED) is 0.730. The molecule has 0 atom stereocenters. The summed E-state index contributed by atoms with van der Waals surface area (Å²) in [4.78, 5) is 0. The molecule has 2 heteroatoms. The van der Waals surface area contributed by atoms with Crippen LogP contribution in [0.5, 0.6) is 0 Å². The Bertz CT molecular complexity index is 346. The monoisotopic (exact) mass is 194 g/mol. The van der Waals surface area contributed by atoms with Gasteiger partial charge in [-0.15, -0.1) is 0 Å². The van der Waals surface area contributed by atoms with E-state index in [9.17, 15) is 0 Å². The summed E-state index contributed by atoms with van der Waals surface area (Å²) in [6, 6.07) is 20.6. The minimum atomic E-state index is 0.871. The SMILES string of the molecule is [B](NCc1ccccc1)c1ccccc1. The summed E-state index contributed by atoms with van der Waals surface area (Å²) in [5.41, 5.74) is 2.50. The fourth-order valence-electron chi connectivity index (χ4n) is 1.43. The normalized spacial score (nSPS) is 9.87. The second-order valence-corrected chi connectivity index (χ2v) is 3.42. The third-order valence-electron chi connectivity index (χ3n) is 2.22. The van der Waals surface area contributed by atoms with Crippen molar-refractivity contribution in [2.45, 2.75) is 6.54 Å². The number of hydrogen-bond donors (Lipinski definition) is 1. The van der Waals surface area contributed by atoms with Gasteiger partial charge in [0.25, 0.3) is 0 Å². The van der Waals surface area contributed by atoms with E-state index in [1.165, 1.54) is 11.0 Å². The van der Waals surface area contributed by atoms with Crippen LogP contribution in [0, 0.1) is 0 Å². The Labute approximate surface area is 91.4 Å². The molecule has 0 aliphatic rings. The number of rotatable bonds is 4. The highest BCUT2D eigenvalue weighted by Crippen LogP contribution is 1.96. The lowest BCUT2D eigenvalue weighted by molar-refractivity contribution is 0.954. The molecule has 0 spiro atoms. The average molecular weight is 194 g/mol. The van der Waals surface area contributed by atoms with Gasteiger partial charge in [0.05, 0.1) is 0 Å². The van der Waals surface area contributed by atoms with Crippen LogP contribution in [0.15, 0.2) is 60.7 Å². The fraction of sp³-hybridized carbons (Fsp3) is 0.0769. The van der Waals surface area contributed by atoms with Gasteiger partial charge >= 0.3 is 0 Å². The molecule has 2 aromatic rings. The van der Waals surface area contributed by atoms with Gasteiger partial charge < -0.3 is 5.23 Å². The van der Waals surface area contributed by atoms with E-state index in [-0.39, 0.29) is 0 Å². The van der Waals surface area contributed by atoms with Crippen LogP contribution in [0.4, 0.5) is 0 Å². The van der Waals surface area contributed by atoms with Gasteiger partial charge in [0, 0.05) is 6.54 Å². The highest BCUT2D eigenvalue weighted by atomic mass is 14.7. The van der Waals surface area contributed by atoms with Crippen LogP contribution in [-0.4, -0.2) is 7.41 Å². The van der Waals surface area contributed by atoms with Crippen molar-refractivity contribution < 1.29 is 0 Å². The second-order valence-electron chi connectivity index (χ2n) is 3.42. The van der Waals surface area contributed by atoms with E-state index in [0.717, 1.165) is 6.54 Å². The van der Waals surface area contributed by atoms with Gasteiger partial charge in [0.1, 0.15) is 0 Å². The molecule has 2 aromatic carbocycles. The molecule has 0 saturated heterocycles. The van der Waals surface area contributed by atoms with Crippen LogP contribution in [0.1, 0.15) is 5.56 Å². The molecule has 0 heterocycles. The molecule has 73 valence electrons. The van der Waals surface area contributed by atoms with Crippen molar-refractivity contribution in [2.24, 2.45) is 0 Å². The van der Waals surface area contributed by atoms with Crippen LogP contribution in [0.2, 0.25) is 0 Å². The first kappa shape index (κ1) is 10.00. The Morgan fingerprint density at radius 1 is 0.800 bits per heavy atom. The topological polar surface area (TPSA) is 12.0 Å². The van der Waals surface area contributed by atoms with Gasteiger partial charge in [-0.05, 0) is 5.56 Å². The number of hydrogen-bond acceptors (Lipinski definition) is 1. The summed E-state index contributed by atoms with van der Waals surface area (Å²) >= 11 is 0. The summed E-state index contributed by atoms with van der Waals surface area (Å²) in [7, 11) is 2.03. The first-order valence-electron chi connectivity index (χ1n) is 5.11. The molecule has 15 heavy (non-hydrogen) atoms. The van der Waals surface area contributed by atoms with Crippen molar-refractivity contribution in [3.8, 4) is 0 Å². The van der Waals surface area contributed by atoms with Crippen LogP contribution < -0.4 is 10.7 Å². The molecule has 0 unspecified atom stereocenters. The summed E-state index contributed by atoms with van der Waals surface area (Å²) < 4.78 is 0. The third kappa shape index (κ3) is 3.26. The summed E-state index contributed by atoms with van der Waals surface area (Å²) in [5.74, 6) is 0. The Morgan fingerprint density at radius 3 is 2.07 bits per heavy atom. The van der Waals surface area contributed by atoms with E-state index in [4.69, 9.17) is 0 Å². The molecule has 1 N–H and O–H groups in total. The Balaban J connectivity index is 1.81. The van der Waals surface area contributed by atoms with Crippen LogP contribution in [-0.2, 0) is 6.54 Å². The molecule has 0 bridgehead atoms. The second kappa shape index (κ2) is 5.37. The van der Waals surface area contributed by atoms with Gasteiger partial charge in [-0.25, -0.2) is 0 Å². The van der Waals surface area contributed by atoms with Crippen molar-refractivity contribution in [1.29, 1.82) is 0 Å². The highest BCUT2D eigenvalue weighted by molar-refractivity contribution is 6.50. The third-order valence-corrected chi connectivity index (χ3v) is 2.22. The molecule has 0 amide bonds. The molecule has 0 aromatic heterocycles. The van der Waals surface area contributed by atoms with Gasteiger partial charge in [-0.1, -0.05) is 66.1 Å². The van der Waals surface area contributed by atoms with Crippen molar-refractivity contribution in [1.82, 2.24) is 5.23 Å². The van der Waals surface area contributed by atoms with E-state index in [0.29, 0.717) is 0 Å². The number of nitrogens with one attached hydrogen (secondary N) is 1. The fourth-order valence-corrected chi connectivity index (χ4v) is 1.43. The lowest BCUT2D eigenvalue weighted by atomic mass is 9.83.